The largest absolute Gasteiger partial charge is 0.449 e. The molecular formula is C19H21N3O7S. The predicted molar refractivity (Wildman–Crippen MR) is 109 cm³/mol. The van der Waals surface area contributed by atoms with Crippen molar-refractivity contribution < 1.29 is 27.7 Å². The Kier molecular flexibility index (Phi) is 6.90. The maximum absolute atomic E-state index is 12.4. The lowest BCUT2D eigenvalue weighted by molar-refractivity contribution is -0.384. The van der Waals surface area contributed by atoms with E-state index in [-0.39, 0.29) is 21.8 Å². The van der Waals surface area contributed by atoms with Crippen molar-refractivity contribution in [1.29, 1.82) is 0 Å². The van der Waals surface area contributed by atoms with Crippen LogP contribution in [-0.4, -0.2) is 49.7 Å². The van der Waals surface area contributed by atoms with Gasteiger partial charge in [-0.05, 0) is 43.7 Å². The maximum Gasteiger partial charge on any atom is 0.338 e. The molecule has 1 amide bonds. The summed E-state index contributed by atoms with van der Waals surface area (Å²) in [5.41, 5.74) is 0.756. The van der Waals surface area contributed by atoms with E-state index in [1.54, 1.807) is 13.0 Å². The Morgan fingerprint density at radius 2 is 1.73 bits per heavy atom. The van der Waals surface area contributed by atoms with Crippen LogP contribution in [0, 0.1) is 17.0 Å². The van der Waals surface area contributed by atoms with Crippen molar-refractivity contribution >= 4 is 33.3 Å². The van der Waals surface area contributed by atoms with Crippen LogP contribution in [0.1, 0.15) is 22.8 Å². The van der Waals surface area contributed by atoms with Crippen molar-refractivity contribution in [2.45, 2.75) is 24.8 Å². The van der Waals surface area contributed by atoms with Crippen molar-refractivity contribution in [3.8, 4) is 0 Å². The SMILES string of the molecule is Cc1ccc(S(=O)(=O)N(C)C)cc1NC(=O)[C@@H](C)OC(=O)c1ccc([N+](=O)[O-])cc1. The molecule has 30 heavy (non-hydrogen) atoms. The average Bonchev–Trinajstić information content (AvgIpc) is 2.69. The zero-order valence-electron chi connectivity index (χ0n) is 16.8. The summed E-state index contributed by atoms with van der Waals surface area (Å²) in [5, 5.41) is 13.2. The fraction of sp³-hybridized carbons (Fsp3) is 0.263. The van der Waals surface area contributed by atoms with Gasteiger partial charge in [-0.2, -0.15) is 0 Å². The number of sulfonamides is 1. The van der Waals surface area contributed by atoms with Crippen molar-refractivity contribution in [3.63, 3.8) is 0 Å². The molecule has 0 saturated heterocycles. The summed E-state index contributed by atoms with van der Waals surface area (Å²) in [6.45, 7) is 3.05. The molecule has 0 saturated carbocycles. The molecule has 0 aliphatic heterocycles. The van der Waals surface area contributed by atoms with Crippen molar-refractivity contribution in [2.75, 3.05) is 19.4 Å². The van der Waals surface area contributed by atoms with Gasteiger partial charge in [0.25, 0.3) is 11.6 Å². The number of nitro benzene ring substituents is 1. The van der Waals surface area contributed by atoms with E-state index in [9.17, 15) is 28.1 Å². The first-order valence-corrected chi connectivity index (χ1v) is 10.2. The Labute approximate surface area is 173 Å². The normalized spacial score (nSPS) is 12.3. The Morgan fingerprint density at radius 1 is 1.13 bits per heavy atom. The molecule has 2 rings (SSSR count). The van der Waals surface area contributed by atoms with Crippen LogP contribution >= 0.6 is 0 Å². The highest BCUT2D eigenvalue weighted by Gasteiger charge is 2.22. The number of non-ortho nitro benzene ring substituents is 1. The van der Waals surface area contributed by atoms with E-state index in [0.29, 0.717) is 5.56 Å². The topological polar surface area (TPSA) is 136 Å². The molecule has 0 unspecified atom stereocenters. The minimum Gasteiger partial charge on any atom is -0.449 e. The number of esters is 1. The van der Waals surface area contributed by atoms with Crippen LogP contribution in [0.25, 0.3) is 0 Å². The van der Waals surface area contributed by atoms with E-state index < -0.39 is 32.9 Å². The third kappa shape index (κ3) is 5.19. The van der Waals surface area contributed by atoms with Crippen molar-refractivity contribution in [3.05, 3.63) is 63.7 Å². The Bertz CT molecular complexity index is 1080. The molecule has 2 aromatic rings. The minimum absolute atomic E-state index is 0.00364. The molecule has 0 aliphatic rings. The first kappa shape index (κ1) is 23.0. The lowest BCUT2D eigenvalue weighted by atomic mass is 10.2. The predicted octanol–water partition coefficient (Wildman–Crippen LogP) is 2.34. The lowest BCUT2D eigenvalue weighted by Gasteiger charge is -2.17. The number of ether oxygens (including phenoxy) is 1. The summed E-state index contributed by atoms with van der Waals surface area (Å²) < 4.78 is 30.7. The zero-order valence-corrected chi connectivity index (χ0v) is 17.6. The number of amides is 1. The number of nitro groups is 1. The number of anilines is 1. The number of carbonyl (C=O) groups excluding carboxylic acids is 2. The summed E-state index contributed by atoms with van der Waals surface area (Å²) >= 11 is 0. The second-order valence-corrected chi connectivity index (χ2v) is 8.76. The van der Waals surface area contributed by atoms with Gasteiger partial charge in [0.1, 0.15) is 0 Å². The summed E-state index contributed by atoms with van der Waals surface area (Å²) in [6, 6.07) is 9.07. The molecule has 0 bridgehead atoms. The smallest absolute Gasteiger partial charge is 0.338 e. The lowest BCUT2D eigenvalue weighted by Crippen LogP contribution is -2.30. The number of carbonyl (C=O) groups is 2. The molecule has 0 fully saturated rings. The van der Waals surface area contributed by atoms with Crippen LogP contribution < -0.4 is 5.32 Å². The molecule has 0 aromatic heterocycles. The first-order chi connectivity index (χ1) is 13.9. The third-order valence-electron chi connectivity index (χ3n) is 4.21. The first-order valence-electron chi connectivity index (χ1n) is 8.73. The number of nitrogens with one attached hydrogen (secondary N) is 1. The summed E-state index contributed by atoms with van der Waals surface area (Å²) in [4.78, 5) is 34.7. The molecule has 0 spiro atoms. The van der Waals surface area contributed by atoms with Crippen LogP contribution in [0.3, 0.4) is 0 Å². The van der Waals surface area contributed by atoms with Gasteiger partial charge in [0.2, 0.25) is 10.0 Å². The van der Waals surface area contributed by atoms with Gasteiger partial charge in [-0.25, -0.2) is 17.5 Å². The number of hydrogen-bond acceptors (Lipinski definition) is 7. The van der Waals surface area contributed by atoms with E-state index in [4.69, 9.17) is 4.74 Å². The fourth-order valence-corrected chi connectivity index (χ4v) is 3.27. The number of nitrogens with zero attached hydrogens (tertiary/aromatic N) is 2. The molecule has 1 atom stereocenters. The van der Waals surface area contributed by atoms with Crippen LogP contribution in [-0.2, 0) is 19.6 Å². The molecular weight excluding hydrogens is 414 g/mol. The fourth-order valence-electron chi connectivity index (χ4n) is 2.34. The Morgan fingerprint density at radius 3 is 2.27 bits per heavy atom. The Hall–Kier alpha value is -3.31. The van der Waals surface area contributed by atoms with E-state index in [0.717, 1.165) is 16.4 Å². The van der Waals surface area contributed by atoms with Crippen LogP contribution in [0.2, 0.25) is 0 Å². The number of rotatable bonds is 7. The van der Waals surface area contributed by atoms with Gasteiger partial charge >= 0.3 is 5.97 Å². The molecule has 11 heteroatoms. The van der Waals surface area contributed by atoms with Crippen LogP contribution in [0.4, 0.5) is 11.4 Å². The molecule has 0 aliphatic carbocycles. The second kappa shape index (κ2) is 9.01. The van der Waals surface area contributed by atoms with Gasteiger partial charge in [-0.1, -0.05) is 6.07 Å². The highest BCUT2D eigenvalue weighted by molar-refractivity contribution is 7.89. The Balaban J connectivity index is 2.12. The molecule has 0 radical (unpaired) electrons. The summed E-state index contributed by atoms with van der Waals surface area (Å²) in [6.07, 6.45) is -1.19. The third-order valence-corrected chi connectivity index (χ3v) is 6.02. The van der Waals surface area contributed by atoms with Gasteiger partial charge in [0.05, 0.1) is 15.4 Å². The van der Waals surface area contributed by atoms with E-state index in [1.165, 1.54) is 45.3 Å². The molecule has 160 valence electrons. The molecule has 0 heterocycles. The number of hydrogen-bond donors (Lipinski definition) is 1. The molecule has 10 nitrogen and oxygen atoms in total. The average molecular weight is 435 g/mol. The summed E-state index contributed by atoms with van der Waals surface area (Å²) in [5.74, 6) is -1.49. The number of aryl methyl sites for hydroxylation is 1. The van der Waals surface area contributed by atoms with Gasteiger partial charge in [0.15, 0.2) is 6.10 Å². The summed E-state index contributed by atoms with van der Waals surface area (Å²) in [7, 11) is -0.896. The van der Waals surface area contributed by atoms with Gasteiger partial charge in [0, 0.05) is 31.9 Å². The van der Waals surface area contributed by atoms with Gasteiger partial charge in [-0.3, -0.25) is 14.9 Å². The van der Waals surface area contributed by atoms with Crippen LogP contribution in [0.15, 0.2) is 47.4 Å². The number of benzene rings is 2. The highest BCUT2D eigenvalue weighted by Crippen LogP contribution is 2.22. The minimum atomic E-state index is -3.69. The highest BCUT2D eigenvalue weighted by atomic mass is 32.2. The van der Waals surface area contributed by atoms with E-state index in [1.807, 2.05) is 0 Å². The van der Waals surface area contributed by atoms with Gasteiger partial charge in [-0.15, -0.1) is 0 Å². The van der Waals surface area contributed by atoms with Gasteiger partial charge < -0.3 is 10.1 Å². The van der Waals surface area contributed by atoms with Crippen molar-refractivity contribution in [2.24, 2.45) is 0 Å². The van der Waals surface area contributed by atoms with E-state index >= 15 is 0 Å². The molecule has 2 aromatic carbocycles. The molecule has 1 N–H and O–H groups in total. The monoisotopic (exact) mass is 435 g/mol. The zero-order chi connectivity index (χ0) is 22.6. The van der Waals surface area contributed by atoms with Crippen LogP contribution in [0.5, 0.6) is 0 Å². The second-order valence-electron chi connectivity index (χ2n) is 6.60. The standard InChI is InChI=1S/C19H21N3O7S/c1-12-5-10-16(30(27,28)21(3)4)11-17(12)20-18(23)13(2)29-19(24)14-6-8-15(9-7-14)22(25)26/h5-11,13H,1-4H3,(H,20,23)/t13-/m1/s1. The maximum atomic E-state index is 12.4. The van der Waals surface area contributed by atoms with E-state index in [2.05, 4.69) is 5.32 Å². The quantitative estimate of drug-likeness (QED) is 0.400. The van der Waals surface area contributed by atoms with Crippen molar-refractivity contribution in [1.82, 2.24) is 4.31 Å².